The molecule has 2 aromatic rings. The van der Waals surface area contributed by atoms with Crippen LogP contribution in [0.4, 0.5) is 0 Å². The number of guanidine groups is 1. The van der Waals surface area contributed by atoms with E-state index in [0.29, 0.717) is 24.8 Å². The van der Waals surface area contributed by atoms with E-state index in [1.165, 1.54) is 9.31 Å². The lowest BCUT2D eigenvalue weighted by Crippen LogP contribution is -2.41. The van der Waals surface area contributed by atoms with Crippen molar-refractivity contribution in [3.63, 3.8) is 0 Å². The summed E-state index contributed by atoms with van der Waals surface area (Å²) < 4.78 is 37.1. The summed E-state index contributed by atoms with van der Waals surface area (Å²) in [7, 11) is -4.03. The lowest BCUT2D eigenvalue weighted by molar-refractivity contribution is 0.0730. The number of rotatable bonds is 4. The number of nitrogens with zero attached hydrogens (tertiary/aromatic N) is 5. The number of hydrogen-bond acceptors (Lipinski definition) is 4. The minimum absolute atomic E-state index is 0.0705. The molecule has 9 nitrogen and oxygen atoms in total. The normalized spacial score (nSPS) is 20.5. The summed E-state index contributed by atoms with van der Waals surface area (Å²) in [4.78, 5) is 4.49. The summed E-state index contributed by atoms with van der Waals surface area (Å²) >= 11 is 6.12. The number of aliphatic imine (C=N–C) groups is 1. The zero-order valence-corrected chi connectivity index (χ0v) is 22.2. The molecule has 0 saturated carbocycles. The van der Waals surface area contributed by atoms with E-state index in [9.17, 15) is 8.42 Å². The SMILES string of the molecule is CC(C)(C)C(N)=NC(=NS(=O)(=O)N1CCOCC1)N1CC(c2ccccc2)C(c2ccc(Cl)cc2)=N1. The summed E-state index contributed by atoms with van der Waals surface area (Å²) in [6, 6.07) is 17.3. The predicted octanol–water partition coefficient (Wildman–Crippen LogP) is 3.48. The second-order valence-electron chi connectivity index (χ2n) is 9.67. The third kappa shape index (κ3) is 6.12. The molecule has 2 heterocycles. The van der Waals surface area contributed by atoms with Crippen LogP contribution >= 0.6 is 11.6 Å². The van der Waals surface area contributed by atoms with E-state index < -0.39 is 15.6 Å². The Morgan fingerprint density at radius 2 is 1.72 bits per heavy atom. The molecule has 2 N–H and O–H groups in total. The van der Waals surface area contributed by atoms with Gasteiger partial charge < -0.3 is 10.5 Å². The molecule has 0 amide bonds. The van der Waals surface area contributed by atoms with Crippen LogP contribution in [0.2, 0.25) is 5.02 Å². The second-order valence-corrected chi connectivity index (χ2v) is 11.7. The Bertz CT molecular complexity index is 1270. The summed E-state index contributed by atoms with van der Waals surface area (Å²) in [6.45, 7) is 7.14. The van der Waals surface area contributed by atoms with E-state index in [0.717, 1.165) is 16.8 Å². The monoisotopic (exact) mass is 530 g/mol. The fourth-order valence-corrected chi connectivity index (χ4v) is 4.99. The average Bonchev–Trinajstić information content (AvgIpc) is 3.30. The van der Waals surface area contributed by atoms with Gasteiger partial charge in [-0.15, -0.1) is 4.40 Å². The highest BCUT2D eigenvalue weighted by atomic mass is 35.5. The number of morpholine rings is 1. The minimum Gasteiger partial charge on any atom is -0.387 e. The Morgan fingerprint density at radius 3 is 2.33 bits per heavy atom. The Labute approximate surface area is 217 Å². The smallest absolute Gasteiger partial charge is 0.325 e. The molecular weight excluding hydrogens is 500 g/mol. The lowest BCUT2D eigenvalue weighted by Gasteiger charge is -2.25. The van der Waals surface area contributed by atoms with Crippen molar-refractivity contribution in [1.29, 1.82) is 0 Å². The van der Waals surface area contributed by atoms with E-state index in [1.807, 2.05) is 63.2 Å². The highest BCUT2D eigenvalue weighted by molar-refractivity contribution is 7.87. The summed E-state index contributed by atoms with van der Waals surface area (Å²) in [5.41, 5.74) is 8.46. The van der Waals surface area contributed by atoms with Crippen LogP contribution in [0.3, 0.4) is 0 Å². The van der Waals surface area contributed by atoms with Gasteiger partial charge in [-0.3, -0.25) is 0 Å². The topological polar surface area (TPSA) is 113 Å². The summed E-state index contributed by atoms with van der Waals surface area (Å²) in [5.74, 6) is 0.0402. The van der Waals surface area contributed by atoms with Crippen molar-refractivity contribution in [2.45, 2.75) is 26.7 Å². The zero-order chi connectivity index (χ0) is 25.9. The van der Waals surface area contributed by atoms with Crippen molar-refractivity contribution in [2.24, 2.45) is 25.6 Å². The number of halogens is 1. The molecule has 11 heteroatoms. The van der Waals surface area contributed by atoms with E-state index in [1.54, 1.807) is 12.1 Å². The number of amidine groups is 1. The molecule has 0 aliphatic carbocycles. The van der Waals surface area contributed by atoms with Crippen LogP contribution in [0.25, 0.3) is 0 Å². The van der Waals surface area contributed by atoms with E-state index in [2.05, 4.69) is 9.39 Å². The molecule has 192 valence electrons. The van der Waals surface area contributed by atoms with Gasteiger partial charge >= 0.3 is 10.2 Å². The maximum absolute atomic E-state index is 13.2. The maximum Gasteiger partial charge on any atom is 0.325 e. The van der Waals surface area contributed by atoms with Gasteiger partial charge in [0.05, 0.1) is 25.5 Å². The molecule has 2 aromatic carbocycles. The Kier molecular flexibility index (Phi) is 7.79. The van der Waals surface area contributed by atoms with Crippen LogP contribution in [0.5, 0.6) is 0 Å². The average molecular weight is 531 g/mol. The van der Waals surface area contributed by atoms with Crippen LogP contribution < -0.4 is 5.73 Å². The van der Waals surface area contributed by atoms with Crippen LogP contribution in [0.15, 0.2) is 69.1 Å². The Balaban J connectivity index is 1.80. The highest BCUT2D eigenvalue weighted by Crippen LogP contribution is 2.30. The van der Waals surface area contributed by atoms with Gasteiger partial charge in [-0.2, -0.15) is 22.8 Å². The Morgan fingerprint density at radius 1 is 1.08 bits per heavy atom. The van der Waals surface area contributed by atoms with Gasteiger partial charge in [0, 0.05) is 29.4 Å². The van der Waals surface area contributed by atoms with Crippen molar-refractivity contribution >= 4 is 39.3 Å². The zero-order valence-electron chi connectivity index (χ0n) is 20.6. The van der Waals surface area contributed by atoms with Crippen molar-refractivity contribution in [3.8, 4) is 0 Å². The fourth-order valence-electron chi connectivity index (χ4n) is 3.79. The number of nitrogens with two attached hydrogens (primary N) is 1. The molecular formula is C25H31ClN6O3S. The number of benzene rings is 2. The first-order chi connectivity index (χ1) is 17.0. The highest BCUT2D eigenvalue weighted by Gasteiger charge is 2.34. The van der Waals surface area contributed by atoms with Crippen LogP contribution in [0, 0.1) is 5.41 Å². The van der Waals surface area contributed by atoms with E-state index >= 15 is 0 Å². The molecule has 1 saturated heterocycles. The second kappa shape index (κ2) is 10.7. The standard InChI is InChI=1S/C25H31ClN6O3S/c1-25(2,3)23(27)28-24(30-36(33,34)31-13-15-35-16-14-31)32-17-21(18-7-5-4-6-8-18)22(29-32)19-9-11-20(26)12-10-19/h4-12,21H,13-17H2,1-3H3,(H2,27,28,30). The largest absolute Gasteiger partial charge is 0.387 e. The van der Waals surface area contributed by atoms with Gasteiger partial charge in [-0.1, -0.05) is 74.8 Å². The summed E-state index contributed by atoms with van der Waals surface area (Å²) in [6.07, 6.45) is 0. The first kappa shape index (κ1) is 26.3. The summed E-state index contributed by atoms with van der Waals surface area (Å²) in [5, 5.41) is 6.96. The molecule has 36 heavy (non-hydrogen) atoms. The molecule has 2 aliphatic rings. The van der Waals surface area contributed by atoms with E-state index in [-0.39, 0.29) is 30.8 Å². The third-order valence-corrected chi connectivity index (χ3v) is 7.63. The van der Waals surface area contributed by atoms with Crippen molar-refractivity contribution < 1.29 is 13.2 Å². The molecule has 1 fully saturated rings. The van der Waals surface area contributed by atoms with Gasteiger partial charge in [0.1, 0.15) is 5.84 Å². The van der Waals surface area contributed by atoms with Crippen LogP contribution in [-0.4, -0.2) is 68.1 Å². The van der Waals surface area contributed by atoms with E-state index in [4.69, 9.17) is 27.2 Å². The first-order valence-electron chi connectivity index (χ1n) is 11.7. The lowest BCUT2D eigenvalue weighted by atomic mass is 9.91. The first-order valence-corrected chi connectivity index (χ1v) is 13.5. The molecule has 2 aliphatic heterocycles. The number of ether oxygens (including phenoxy) is 1. The van der Waals surface area contributed by atoms with Crippen LogP contribution in [0.1, 0.15) is 37.8 Å². The van der Waals surface area contributed by atoms with Crippen molar-refractivity contribution in [3.05, 3.63) is 70.7 Å². The van der Waals surface area contributed by atoms with Crippen molar-refractivity contribution in [1.82, 2.24) is 9.31 Å². The van der Waals surface area contributed by atoms with Gasteiger partial charge in [0.2, 0.25) is 0 Å². The van der Waals surface area contributed by atoms with Gasteiger partial charge in [0.15, 0.2) is 0 Å². The van der Waals surface area contributed by atoms with Gasteiger partial charge in [-0.25, -0.2) is 5.01 Å². The molecule has 1 unspecified atom stereocenters. The molecule has 1 atom stereocenters. The predicted molar refractivity (Wildman–Crippen MR) is 144 cm³/mol. The molecule has 0 bridgehead atoms. The van der Waals surface area contributed by atoms with Crippen molar-refractivity contribution in [2.75, 3.05) is 32.8 Å². The molecule has 4 rings (SSSR count). The molecule has 0 spiro atoms. The third-order valence-electron chi connectivity index (χ3n) is 5.97. The van der Waals surface area contributed by atoms with Gasteiger partial charge in [0.25, 0.3) is 5.96 Å². The molecule has 0 aromatic heterocycles. The number of hydrazone groups is 1. The quantitative estimate of drug-likeness (QED) is 0.480. The fraction of sp³-hybridized carbons (Fsp3) is 0.400. The van der Waals surface area contributed by atoms with Gasteiger partial charge in [-0.05, 0) is 23.3 Å². The molecule has 0 radical (unpaired) electrons. The van der Waals surface area contributed by atoms with Crippen LogP contribution in [-0.2, 0) is 14.9 Å². The maximum atomic E-state index is 13.2. The Hall–Kier alpha value is -2.79. The number of hydrogen-bond donors (Lipinski definition) is 1. The minimum atomic E-state index is -4.03.